The van der Waals surface area contributed by atoms with E-state index >= 15 is 0 Å². The van der Waals surface area contributed by atoms with E-state index in [1.165, 1.54) is 7.05 Å². The number of aliphatic hydroxyl groups excluding tert-OH is 9. The van der Waals surface area contributed by atoms with Gasteiger partial charge in [0.25, 0.3) is 0 Å². The molecule has 1 amide bonds. The van der Waals surface area contributed by atoms with E-state index in [9.17, 15) is 75.3 Å². The zero-order valence-electron chi connectivity index (χ0n) is 28.0. The molecule has 0 aromatic heterocycles. The minimum absolute atomic E-state index is 0.397. The fraction of sp³-hybridized carbons (Fsp3) is 0.867. The smallest absolute Gasteiger partial charge is 0.335 e. The summed E-state index contributed by atoms with van der Waals surface area (Å²) in [5, 5.41) is 118. The predicted molar refractivity (Wildman–Crippen MR) is 162 cm³/mol. The van der Waals surface area contributed by atoms with Gasteiger partial charge >= 0.3 is 11.9 Å². The Kier molecular flexibility index (Phi) is 15.6. The Bertz CT molecular complexity index is 1180. The van der Waals surface area contributed by atoms with Crippen molar-refractivity contribution in [1.29, 1.82) is 0 Å². The van der Waals surface area contributed by atoms with E-state index in [2.05, 4.69) is 10.1 Å². The summed E-state index contributed by atoms with van der Waals surface area (Å²) in [4.78, 5) is 48.5. The quantitative estimate of drug-likeness (QED) is 0.0516. The van der Waals surface area contributed by atoms with Crippen molar-refractivity contribution in [1.82, 2.24) is 5.32 Å². The normalized spacial score (nSPS) is 41.1. The Morgan fingerprint density at radius 2 is 1.18 bits per heavy atom. The monoisotopic (exact) mass is 743 g/mol. The Labute approximate surface area is 291 Å². The van der Waals surface area contributed by atoms with Crippen molar-refractivity contribution < 1.29 is 99.0 Å². The van der Waals surface area contributed by atoms with Crippen molar-refractivity contribution in [2.45, 2.75) is 124 Å². The number of carboxylic acids is 2. The molecule has 3 saturated heterocycles. The molecule has 0 aromatic rings. The first-order valence-electron chi connectivity index (χ1n) is 16.2. The van der Waals surface area contributed by atoms with Gasteiger partial charge in [-0.3, -0.25) is 4.79 Å². The molecule has 3 aliphatic rings. The number of aliphatic carboxylic acids is 2. The highest BCUT2D eigenvalue weighted by molar-refractivity contribution is 5.81. The number of hydrogen-bond acceptors (Lipinski definition) is 18. The first kappa shape index (κ1) is 42.9. The van der Waals surface area contributed by atoms with Gasteiger partial charge in [-0.1, -0.05) is 0 Å². The van der Waals surface area contributed by atoms with E-state index in [-0.39, 0.29) is 0 Å². The molecule has 3 heterocycles. The number of nitrogens with one attached hydrogen (secondary N) is 1. The first-order chi connectivity index (χ1) is 23.9. The lowest BCUT2D eigenvalue weighted by molar-refractivity contribution is -0.256. The summed E-state index contributed by atoms with van der Waals surface area (Å²) in [7, 11) is 3.35. The SMILES string of the molecule is CNC(=O)C1OC(CC(CC=O)C(O)C(O)C(O)OC)C(O)C(O)C1CC1OC(C(=O)O)C(CC2OC(C(=O)O)C(OC)C(O)C2O)C(O)C1O. The predicted octanol–water partition coefficient (Wildman–Crippen LogP) is -6.32. The Hall–Kier alpha value is -2.48. The molecule has 0 radical (unpaired) electrons. The summed E-state index contributed by atoms with van der Waals surface area (Å²) >= 11 is 0. The van der Waals surface area contributed by atoms with E-state index in [0.29, 0.717) is 6.29 Å². The summed E-state index contributed by atoms with van der Waals surface area (Å²) in [6.07, 6.45) is -29.8. The van der Waals surface area contributed by atoms with Gasteiger partial charge in [-0.05, 0) is 25.2 Å². The maximum atomic E-state index is 13.0. The second-order valence-corrected chi connectivity index (χ2v) is 13.0. The van der Waals surface area contributed by atoms with Crippen molar-refractivity contribution in [2.75, 3.05) is 21.3 Å². The lowest BCUT2D eigenvalue weighted by Gasteiger charge is -2.48. The van der Waals surface area contributed by atoms with Crippen molar-refractivity contribution in [3.8, 4) is 0 Å². The summed E-state index contributed by atoms with van der Waals surface area (Å²) in [6.45, 7) is 0. The summed E-state index contributed by atoms with van der Waals surface area (Å²) in [5.41, 5.74) is 0. The third-order valence-electron chi connectivity index (χ3n) is 10.0. The molecule has 19 atom stereocenters. The molecule has 3 aliphatic heterocycles. The van der Waals surface area contributed by atoms with Crippen LogP contribution >= 0.6 is 0 Å². The fourth-order valence-electron chi connectivity index (χ4n) is 7.12. The molecule has 19 unspecified atom stereocenters. The number of rotatable bonds is 16. The molecule has 12 N–H and O–H groups in total. The molecule has 3 rings (SSSR count). The molecule has 0 saturated carbocycles. The molecule has 0 aromatic carbocycles. The highest BCUT2D eigenvalue weighted by Gasteiger charge is 2.55. The Morgan fingerprint density at radius 1 is 0.706 bits per heavy atom. The molecular weight excluding hydrogens is 694 g/mol. The van der Waals surface area contributed by atoms with E-state index < -0.39 is 159 Å². The van der Waals surface area contributed by atoms with Crippen LogP contribution in [0.3, 0.4) is 0 Å². The lowest BCUT2D eigenvalue weighted by atomic mass is 9.75. The van der Waals surface area contributed by atoms with Crippen LogP contribution in [0.25, 0.3) is 0 Å². The number of hydrogen-bond donors (Lipinski definition) is 12. The van der Waals surface area contributed by atoms with Gasteiger partial charge in [0, 0.05) is 39.5 Å². The molecule has 0 aliphatic carbocycles. The Balaban J connectivity index is 1.83. The second-order valence-electron chi connectivity index (χ2n) is 13.0. The van der Waals surface area contributed by atoms with Crippen molar-refractivity contribution in [3.63, 3.8) is 0 Å². The maximum absolute atomic E-state index is 13.0. The Morgan fingerprint density at radius 3 is 1.65 bits per heavy atom. The van der Waals surface area contributed by atoms with Gasteiger partial charge in [0.15, 0.2) is 18.5 Å². The van der Waals surface area contributed by atoms with E-state index in [4.69, 9.17) is 18.9 Å². The zero-order valence-corrected chi connectivity index (χ0v) is 28.0. The molecule has 3 fully saturated rings. The third kappa shape index (κ3) is 9.37. The number of methoxy groups -OCH3 is 2. The van der Waals surface area contributed by atoms with Gasteiger partial charge in [-0.25, -0.2) is 9.59 Å². The number of ether oxygens (including phenoxy) is 5. The first-order valence-corrected chi connectivity index (χ1v) is 16.2. The van der Waals surface area contributed by atoms with Crippen molar-refractivity contribution >= 4 is 24.1 Å². The average molecular weight is 744 g/mol. The number of likely N-dealkylation sites (N-methyl/N-ethyl adjacent to an activating group) is 1. The number of amides is 1. The van der Waals surface area contributed by atoms with Crippen LogP contribution in [-0.2, 0) is 42.9 Å². The van der Waals surface area contributed by atoms with Crippen LogP contribution in [0.15, 0.2) is 0 Å². The third-order valence-corrected chi connectivity index (χ3v) is 10.0. The largest absolute Gasteiger partial charge is 0.479 e. The molecular formula is C30H49NO20. The van der Waals surface area contributed by atoms with Gasteiger partial charge in [-0.2, -0.15) is 0 Å². The number of aldehydes is 1. The molecule has 0 spiro atoms. The van der Waals surface area contributed by atoms with Crippen LogP contribution in [0.2, 0.25) is 0 Å². The van der Waals surface area contributed by atoms with E-state index in [1.807, 2.05) is 0 Å². The lowest BCUT2D eigenvalue weighted by Crippen LogP contribution is -2.64. The van der Waals surface area contributed by atoms with Crippen LogP contribution < -0.4 is 5.32 Å². The minimum Gasteiger partial charge on any atom is -0.479 e. The summed E-state index contributed by atoms with van der Waals surface area (Å²) < 4.78 is 26.4. The second kappa shape index (κ2) is 18.5. The van der Waals surface area contributed by atoms with Gasteiger partial charge in [0.05, 0.1) is 36.6 Å². The zero-order chi connectivity index (χ0) is 38.5. The molecule has 21 heteroatoms. The number of aliphatic hydroxyl groups is 9. The molecule has 21 nitrogen and oxygen atoms in total. The topological polar surface area (TPSA) is 349 Å². The van der Waals surface area contributed by atoms with Crippen molar-refractivity contribution in [3.05, 3.63) is 0 Å². The van der Waals surface area contributed by atoms with Crippen LogP contribution in [0, 0.1) is 17.8 Å². The number of carboxylic acid groups (broad SMARTS) is 2. The minimum atomic E-state index is -1.95. The van der Waals surface area contributed by atoms with Crippen LogP contribution in [-0.4, -0.2) is 199 Å². The number of carbonyl (C=O) groups is 4. The van der Waals surface area contributed by atoms with Crippen LogP contribution in [0.1, 0.15) is 25.7 Å². The molecule has 294 valence electrons. The molecule has 51 heavy (non-hydrogen) atoms. The van der Waals surface area contributed by atoms with Crippen LogP contribution in [0.4, 0.5) is 0 Å². The van der Waals surface area contributed by atoms with E-state index in [1.54, 1.807) is 0 Å². The summed E-state index contributed by atoms with van der Waals surface area (Å²) in [6, 6.07) is 0. The average Bonchev–Trinajstić information content (AvgIpc) is 3.10. The fourth-order valence-corrected chi connectivity index (χ4v) is 7.12. The molecule has 0 bridgehead atoms. The van der Waals surface area contributed by atoms with Gasteiger partial charge < -0.3 is 90.0 Å². The van der Waals surface area contributed by atoms with Gasteiger partial charge in [0.1, 0.15) is 49.0 Å². The van der Waals surface area contributed by atoms with Gasteiger partial charge in [-0.15, -0.1) is 0 Å². The highest BCUT2D eigenvalue weighted by Crippen LogP contribution is 2.40. The van der Waals surface area contributed by atoms with E-state index in [0.717, 1.165) is 14.2 Å². The number of carbonyl (C=O) groups excluding carboxylic acids is 2. The summed E-state index contributed by atoms with van der Waals surface area (Å²) in [5.74, 6) is -8.22. The highest BCUT2D eigenvalue weighted by atomic mass is 16.6. The van der Waals surface area contributed by atoms with Crippen molar-refractivity contribution in [2.24, 2.45) is 17.8 Å². The maximum Gasteiger partial charge on any atom is 0.335 e. The van der Waals surface area contributed by atoms with Crippen LogP contribution in [0.5, 0.6) is 0 Å². The standard InChI is InChI=1S/C30H49NO20/c1-31-27(41)23-10(16(34)18(36)12(49-23)6-9(4-5-32)15(33)22(40)30(46)48-3)7-13-19(37)17(35)11(24(50-13)28(42)43)8-14-20(38)21(39)25(47-2)26(51-14)29(44)45/h5,9-26,30,33-40,46H,4,6-8H2,1-3H3,(H,31,41)(H,42,43)(H,44,45). The van der Waals surface area contributed by atoms with Gasteiger partial charge in [0.2, 0.25) is 5.91 Å².